The van der Waals surface area contributed by atoms with E-state index in [1.54, 1.807) is 4.57 Å². The number of para-hydroxylation sites is 1. The van der Waals surface area contributed by atoms with Crippen molar-refractivity contribution in [2.24, 2.45) is 0 Å². The van der Waals surface area contributed by atoms with E-state index in [2.05, 4.69) is 20.3 Å². The predicted octanol–water partition coefficient (Wildman–Crippen LogP) is 5.30. The molecule has 6 rings (SSSR count). The summed E-state index contributed by atoms with van der Waals surface area (Å²) in [7, 11) is 0. The number of benzene rings is 3. The summed E-state index contributed by atoms with van der Waals surface area (Å²) in [6.07, 6.45) is 0. The average Bonchev–Trinajstić information content (AvgIpc) is 3.53. The van der Waals surface area contributed by atoms with Gasteiger partial charge in [-0.3, -0.25) is 9.20 Å². The molecule has 3 aromatic carbocycles. The quantitative estimate of drug-likeness (QED) is 0.300. The standard InChI is InChI=1S/C27H22N6O2S/c1-16-11-13-19(14-12-16)24-28-23(35-31-24)15-36-27-30-29-26-32(21-10-6-7-17(2)18(21)3)25(34)20-8-4-5-9-22(20)33(26)27/h4-14H,15H2,1-3H3. The lowest BCUT2D eigenvalue weighted by Gasteiger charge is -2.14. The molecule has 0 aliphatic carbocycles. The molecule has 0 aliphatic rings. The predicted molar refractivity (Wildman–Crippen MR) is 140 cm³/mol. The van der Waals surface area contributed by atoms with Crippen LogP contribution < -0.4 is 5.56 Å². The molecule has 0 bridgehead atoms. The number of fused-ring (bicyclic) bond motifs is 3. The van der Waals surface area contributed by atoms with Crippen molar-refractivity contribution >= 4 is 28.4 Å². The van der Waals surface area contributed by atoms with Crippen molar-refractivity contribution in [1.29, 1.82) is 0 Å². The van der Waals surface area contributed by atoms with Crippen LogP contribution in [0.5, 0.6) is 0 Å². The number of nitrogens with zero attached hydrogens (tertiary/aromatic N) is 6. The summed E-state index contributed by atoms with van der Waals surface area (Å²) in [5, 5.41) is 14.2. The minimum atomic E-state index is -0.129. The molecule has 0 aliphatic heterocycles. The number of hydrogen-bond acceptors (Lipinski definition) is 7. The van der Waals surface area contributed by atoms with E-state index in [1.165, 1.54) is 17.3 Å². The molecule has 9 heteroatoms. The van der Waals surface area contributed by atoms with Gasteiger partial charge in [-0.1, -0.05) is 71.0 Å². The number of aryl methyl sites for hydroxylation is 2. The van der Waals surface area contributed by atoms with E-state index in [4.69, 9.17) is 4.52 Å². The molecule has 3 aromatic heterocycles. The first-order chi connectivity index (χ1) is 17.5. The second kappa shape index (κ2) is 8.76. The van der Waals surface area contributed by atoms with Crippen LogP contribution >= 0.6 is 11.8 Å². The van der Waals surface area contributed by atoms with Crippen molar-refractivity contribution in [2.45, 2.75) is 31.7 Å². The smallest absolute Gasteiger partial charge is 0.267 e. The van der Waals surface area contributed by atoms with Crippen LogP contribution in [0.2, 0.25) is 0 Å². The van der Waals surface area contributed by atoms with E-state index in [0.717, 1.165) is 27.9 Å². The van der Waals surface area contributed by atoms with Crippen LogP contribution in [0.3, 0.4) is 0 Å². The van der Waals surface area contributed by atoms with E-state index in [0.29, 0.717) is 33.8 Å². The van der Waals surface area contributed by atoms with Crippen molar-refractivity contribution in [3.05, 3.63) is 99.7 Å². The normalized spacial score (nSPS) is 11.5. The first kappa shape index (κ1) is 22.2. The Bertz CT molecular complexity index is 1800. The highest BCUT2D eigenvalue weighted by molar-refractivity contribution is 7.98. The lowest BCUT2D eigenvalue weighted by molar-refractivity contribution is 0.391. The summed E-state index contributed by atoms with van der Waals surface area (Å²) >= 11 is 1.43. The molecular weight excluding hydrogens is 472 g/mol. The third-order valence-corrected chi connectivity index (χ3v) is 7.23. The van der Waals surface area contributed by atoms with Gasteiger partial charge in [-0.05, 0) is 50.1 Å². The largest absolute Gasteiger partial charge is 0.338 e. The maximum atomic E-state index is 13.6. The first-order valence-electron chi connectivity index (χ1n) is 11.5. The van der Waals surface area contributed by atoms with E-state index < -0.39 is 0 Å². The lowest BCUT2D eigenvalue weighted by atomic mass is 10.1. The third-order valence-electron chi connectivity index (χ3n) is 6.31. The van der Waals surface area contributed by atoms with Gasteiger partial charge < -0.3 is 4.52 Å². The first-order valence-corrected chi connectivity index (χ1v) is 12.5. The maximum absolute atomic E-state index is 13.6. The number of aromatic nitrogens is 6. The average molecular weight is 495 g/mol. The number of hydrogen-bond donors (Lipinski definition) is 0. The second-order valence-corrected chi connectivity index (χ2v) is 9.60. The molecule has 0 N–H and O–H groups in total. The van der Waals surface area contributed by atoms with Crippen LogP contribution in [0.1, 0.15) is 22.6 Å². The molecule has 0 radical (unpaired) electrons. The van der Waals surface area contributed by atoms with Crippen molar-refractivity contribution < 1.29 is 4.52 Å². The maximum Gasteiger partial charge on any atom is 0.267 e. The van der Waals surface area contributed by atoms with Gasteiger partial charge in [0.1, 0.15) is 0 Å². The van der Waals surface area contributed by atoms with Crippen LogP contribution in [-0.4, -0.2) is 29.3 Å². The van der Waals surface area contributed by atoms with Gasteiger partial charge in [0.2, 0.25) is 17.5 Å². The molecule has 3 heterocycles. The molecule has 0 saturated heterocycles. The van der Waals surface area contributed by atoms with Gasteiger partial charge in [0.05, 0.1) is 22.3 Å². The molecule has 0 unspecified atom stereocenters. The highest BCUT2D eigenvalue weighted by Crippen LogP contribution is 2.27. The monoisotopic (exact) mass is 494 g/mol. The van der Waals surface area contributed by atoms with E-state index >= 15 is 0 Å². The summed E-state index contributed by atoms with van der Waals surface area (Å²) in [6, 6.07) is 21.4. The van der Waals surface area contributed by atoms with E-state index in [1.807, 2.05) is 91.9 Å². The fraction of sp³-hybridized carbons (Fsp3) is 0.148. The van der Waals surface area contributed by atoms with Crippen LogP contribution in [0.15, 0.2) is 81.2 Å². The van der Waals surface area contributed by atoms with Gasteiger partial charge in [0.25, 0.3) is 5.56 Å². The summed E-state index contributed by atoms with van der Waals surface area (Å²) in [6.45, 7) is 6.08. The lowest BCUT2D eigenvalue weighted by Crippen LogP contribution is -2.22. The highest BCUT2D eigenvalue weighted by Gasteiger charge is 2.20. The zero-order valence-corrected chi connectivity index (χ0v) is 20.8. The highest BCUT2D eigenvalue weighted by atomic mass is 32.2. The summed E-state index contributed by atoms with van der Waals surface area (Å²) in [5.41, 5.74) is 5.59. The Morgan fingerprint density at radius 2 is 1.72 bits per heavy atom. The van der Waals surface area contributed by atoms with Gasteiger partial charge in [0, 0.05) is 5.56 Å². The molecule has 0 atom stereocenters. The van der Waals surface area contributed by atoms with Crippen LogP contribution in [-0.2, 0) is 5.75 Å². The second-order valence-electron chi connectivity index (χ2n) is 8.66. The Balaban J connectivity index is 1.43. The van der Waals surface area contributed by atoms with Crippen LogP contribution in [0.25, 0.3) is 33.8 Å². The molecule has 0 fully saturated rings. The molecule has 8 nitrogen and oxygen atoms in total. The topological polar surface area (TPSA) is 91.1 Å². The van der Waals surface area contributed by atoms with Crippen molar-refractivity contribution in [3.8, 4) is 17.1 Å². The van der Waals surface area contributed by atoms with Crippen molar-refractivity contribution in [3.63, 3.8) is 0 Å². The summed E-state index contributed by atoms with van der Waals surface area (Å²) in [4.78, 5) is 18.1. The van der Waals surface area contributed by atoms with Gasteiger partial charge in [-0.25, -0.2) is 4.57 Å². The SMILES string of the molecule is Cc1ccc(-c2noc(CSc3nnc4n(-c5cccc(C)c5C)c(=O)c5ccccc5n34)n2)cc1. The molecule has 178 valence electrons. The Morgan fingerprint density at radius 1 is 0.917 bits per heavy atom. The molecule has 0 spiro atoms. The van der Waals surface area contributed by atoms with Crippen molar-refractivity contribution in [2.75, 3.05) is 0 Å². The minimum absolute atomic E-state index is 0.129. The van der Waals surface area contributed by atoms with E-state index in [9.17, 15) is 4.79 Å². The summed E-state index contributed by atoms with van der Waals surface area (Å²) in [5.74, 6) is 1.91. The number of thioether (sulfide) groups is 1. The molecular formula is C27H22N6O2S. The zero-order chi connectivity index (χ0) is 24.8. The zero-order valence-electron chi connectivity index (χ0n) is 20.0. The number of rotatable bonds is 5. The summed E-state index contributed by atoms with van der Waals surface area (Å²) < 4.78 is 9.05. The molecule has 36 heavy (non-hydrogen) atoms. The van der Waals surface area contributed by atoms with Gasteiger partial charge >= 0.3 is 0 Å². The Morgan fingerprint density at radius 3 is 2.56 bits per heavy atom. The van der Waals surface area contributed by atoms with Crippen molar-refractivity contribution in [1.82, 2.24) is 29.3 Å². The molecule has 0 amide bonds. The van der Waals surface area contributed by atoms with E-state index in [-0.39, 0.29) is 5.56 Å². The van der Waals surface area contributed by atoms with Crippen LogP contribution in [0.4, 0.5) is 0 Å². The fourth-order valence-electron chi connectivity index (χ4n) is 4.23. The molecule has 6 aromatic rings. The van der Waals surface area contributed by atoms with Gasteiger partial charge in [-0.15, -0.1) is 10.2 Å². The minimum Gasteiger partial charge on any atom is -0.338 e. The third kappa shape index (κ3) is 3.68. The Labute approximate surface area is 210 Å². The Hall–Kier alpha value is -4.24. The molecule has 0 saturated carbocycles. The van der Waals surface area contributed by atoms with Gasteiger partial charge in [0.15, 0.2) is 5.16 Å². The van der Waals surface area contributed by atoms with Crippen LogP contribution in [0, 0.1) is 20.8 Å². The Kier molecular flexibility index (Phi) is 5.41. The fourth-order valence-corrected chi connectivity index (χ4v) is 5.00. The van der Waals surface area contributed by atoms with Gasteiger partial charge in [-0.2, -0.15) is 4.98 Å².